The van der Waals surface area contributed by atoms with Crippen LogP contribution in [0.15, 0.2) is 54.7 Å². The molecule has 0 unspecified atom stereocenters. The molecule has 1 aromatic heterocycles. The number of nitrogens with one attached hydrogen (secondary N) is 1. The van der Waals surface area contributed by atoms with Crippen molar-refractivity contribution in [1.29, 1.82) is 0 Å². The Hall–Kier alpha value is -2.20. The summed E-state index contributed by atoms with van der Waals surface area (Å²) in [6, 6.07) is 15.3. The van der Waals surface area contributed by atoms with Gasteiger partial charge in [-0.1, -0.05) is 36.4 Å². The van der Waals surface area contributed by atoms with Crippen LogP contribution in [-0.4, -0.2) is 17.0 Å². The molecule has 0 saturated heterocycles. The third kappa shape index (κ3) is 4.68. The van der Waals surface area contributed by atoms with Crippen molar-refractivity contribution in [3.8, 4) is 0 Å². The van der Waals surface area contributed by atoms with Crippen molar-refractivity contribution in [2.24, 2.45) is 0 Å². The summed E-state index contributed by atoms with van der Waals surface area (Å²) < 4.78 is 5.59. The number of hydrogen-bond acceptors (Lipinski definition) is 3. The number of pyridine rings is 1. The van der Waals surface area contributed by atoms with Crippen molar-refractivity contribution in [1.82, 2.24) is 10.3 Å². The Labute approximate surface area is 125 Å². The van der Waals surface area contributed by atoms with Crippen LogP contribution in [0.3, 0.4) is 0 Å². The van der Waals surface area contributed by atoms with Gasteiger partial charge in [0.25, 0.3) is 0 Å². The largest absolute Gasteiger partial charge is 0.364 e. The lowest BCUT2D eigenvalue weighted by Crippen LogP contribution is -2.36. The van der Waals surface area contributed by atoms with E-state index in [0.29, 0.717) is 6.61 Å². The van der Waals surface area contributed by atoms with E-state index in [1.54, 1.807) is 13.1 Å². The molecule has 21 heavy (non-hydrogen) atoms. The average molecular weight is 284 g/mol. The van der Waals surface area contributed by atoms with Crippen LogP contribution in [0.25, 0.3) is 0 Å². The van der Waals surface area contributed by atoms with Gasteiger partial charge in [-0.15, -0.1) is 0 Å². The zero-order valence-corrected chi connectivity index (χ0v) is 12.3. The fourth-order valence-electron chi connectivity index (χ4n) is 1.91. The Bertz CT molecular complexity index is 558. The first-order chi connectivity index (χ1) is 10.2. The van der Waals surface area contributed by atoms with Gasteiger partial charge >= 0.3 is 0 Å². The predicted octanol–water partition coefficient (Wildman–Crippen LogP) is 2.86. The minimum absolute atomic E-state index is 0.135. The number of hydrogen-bond donors (Lipinski definition) is 1. The molecule has 0 spiro atoms. The highest BCUT2D eigenvalue weighted by Gasteiger charge is 2.17. The first kappa shape index (κ1) is 15.2. The summed E-state index contributed by atoms with van der Waals surface area (Å²) in [6.45, 7) is 4.08. The maximum atomic E-state index is 12.1. The van der Waals surface area contributed by atoms with E-state index in [0.717, 1.165) is 11.3 Å². The quantitative estimate of drug-likeness (QED) is 0.887. The summed E-state index contributed by atoms with van der Waals surface area (Å²) in [6.07, 6.45) is 1.21. The Morgan fingerprint density at radius 1 is 1.14 bits per heavy atom. The Morgan fingerprint density at radius 2 is 1.86 bits per heavy atom. The molecule has 1 aromatic carbocycles. The fraction of sp³-hybridized carbons (Fsp3) is 0.294. The second-order valence-corrected chi connectivity index (χ2v) is 4.92. The number of amides is 1. The van der Waals surface area contributed by atoms with Crippen LogP contribution in [0.5, 0.6) is 0 Å². The van der Waals surface area contributed by atoms with E-state index in [2.05, 4.69) is 10.3 Å². The summed E-state index contributed by atoms with van der Waals surface area (Å²) in [5.74, 6) is -0.135. The third-order valence-corrected chi connectivity index (χ3v) is 3.20. The monoisotopic (exact) mass is 284 g/mol. The van der Waals surface area contributed by atoms with Gasteiger partial charge in [0.1, 0.15) is 6.10 Å². The van der Waals surface area contributed by atoms with Gasteiger partial charge in [-0.3, -0.25) is 9.78 Å². The standard InChI is InChI=1S/C17H20N2O2/c1-13(16-10-6-7-11-18-16)19-17(20)14(2)21-12-15-8-4-3-5-9-15/h3-11,13-14H,12H2,1-2H3,(H,19,20)/t13-,14+/m1/s1. The number of aromatic nitrogens is 1. The maximum absolute atomic E-state index is 12.1. The van der Waals surface area contributed by atoms with E-state index in [9.17, 15) is 4.79 Å². The molecule has 0 aliphatic carbocycles. The normalized spacial score (nSPS) is 13.4. The average Bonchev–Trinajstić information content (AvgIpc) is 2.54. The molecule has 0 saturated carbocycles. The molecule has 0 bridgehead atoms. The van der Waals surface area contributed by atoms with E-state index in [4.69, 9.17) is 4.74 Å². The summed E-state index contributed by atoms with van der Waals surface area (Å²) in [7, 11) is 0. The summed E-state index contributed by atoms with van der Waals surface area (Å²) in [5.41, 5.74) is 1.89. The molecule has 110 valence electrons. The van der Waals surface area contributed by atoms with Crippen molar-refractivity contribution < 1.29 is 9.53 Å². The van der Waals surface area contributed by atoms with E-state index in [1.807, 2.05) is 55.5 Å². The molecule has 2 atom stereocenters. The Kier molecular flexibility index (Phi) is 5.46. The molecule has 2 aromatic rings. The Morgan fingerprint density at radius 3 is 2.52 bits per heavy atom. The minimum atomic E-state index is -0.503. The van der Waals surface area contributed by atoms with Crippen LogP contribution in [0, 0.1) is 0 Å². The second-order valence-electron chi connectivity index (χ2n) is 4.92. The molecular formula is C17H20N2O2. The summed E-state index contributed by atoms with van der Waals surface area (Å²) >= 11 is 0. The SMILES string of the molecule is C[C@H](OCc1ccccc1)C(=O)N[C@H](C)c1ccccn1. The van der Waals surface area contributed by atoms with Gasteiger partial charge in [0.2, 0.25) is 5.91 Å². The van der Waals surface area contributed by atoms with Crippen molar-refractivity contribution >= 4 is 5.91 Å². The van der Waals surface area contributed by atoms with Crippen molar-refractivity contribution in [2.75, 3.05) is 0 Å². The molecule has 0 fully saturated rings. The van der Waals surface area contributed by atoms with Crippen LogP contribution in [0.2, 0.25) is 0 Å². The molecule has 1 heterocycles. The molecular weight excluding hydrogens is 264 g/mol. The van der Waals surface area contributed by atoms with E-state index < -0.39 is 6.10 Å². The van der Waals surface area contributed by atoms with Crippen molar-refractivity contribution in [3.05, 3.63) is 66.0 Å². The van der Waals surface area contributed by atoms with Gasteiger partial charge < -0.3 is 10.1 Å². The maximum Gasteiger partial charge on any atom is 0.249 e. The van der Waals surface area contributed by atoms with Gasteiger partial charge in [-0.2, -0.15) is 0 Å². The van der Waals surface area contributed by atoms with Crippen LogP contribution in [0.1, 0.15) is 31.1 Å². The third-order valence-electron chi connectivity index (χ3n) is 3.20. The number of carbonyl (C=O) groups is 1. The smallest absolute Gasteiger partial charge is 0.249 e. The first-order valence-corrected chi connectivity index (χ1v) is 7.03. The lowest BCUT2D eigenvalue weighted by molar-refractivity contribution is -0.133. The molecule has 0 aliphatic rings. The zero-order valence-electron chi connectivity index (χ0n) is 12.3. The van der Waals surface area contributed by atoms with E-state index in [-0.39, 0.29) is 11.9 Å². The lowest BCUT2D eigenvalue weighted by Gasteiger charge is -2.17. The molecule has 0 aliphatic heterocycles. The topological polar surface area (TPSA) is 51.2 Å². The number of ether oxygens (including phenoxy) is 1. The van der Waals surface area contributed by atoms with Gasteiger partial charge in [0, 0.05) is 6.20 Å². The van der Waals surface area contributed by atoms with E-state index in [1.165, 1.54) is 0 Å². The molecule has 4 nitrogen and oxygen atoms in total. The minimum Gasteiger partial charge on any atom is -0.364 e. The number of carbonyl (C=O) groups excluding carboxylic acids is 1. The highest BCUT2D eigenvalue weighted by atomic mass is 16.5. The Balaban J connectivity index is 1.82. The molecule has 2 rings (SSSR count). The van der Waals surface area contributed by atoms with Gasteiger partial charge in [0.15, 0.2) is 0 Å². The number of nitrogens with zero attached hydrogens (tertiary/aromatic N) is 1. The first-order valence-electron chi connectivity index (χ1n) is 7.03. The predicted molar refractivity (Wildman–Crippen MR) is 81.5 cm³/mol. The molecule has 1 amide bonds. The molecule has 4 heteroatoms. The van der Waals surface area contributed by atoms with E-state index >= 15 is 0 Å². The highest BCUT2D eigenvalue weighted by molar-refractivity contribution is 5.80. The van der Waals surface area contributed by atoms with Crippen LogP contribution in [0.4, 0.5) is 0 Å². The fourth-order valence-corrected chi connectivity index (χ4v) is 1.91. The second kappa shape index (κ2) is 7.55. The summed E-state index contributed by atoms with van der Waals surface area (Å²) in [4.78, 5) is 16.3. The lowest BCUT2D eigenvalue weighted by atomic mass is 10.2. The number of rotatable bonds is 6. The van der Waals surface area contributed by atoms with Crippen molar-refractivity contribution in [2.45, 2.75) is 32.6 Å². The van der Waals surface area contributed by atoms with Gasteiger partial charge in [-0.05, 0) is 31.5 Å². The highest BCUT2D eigenvalue weighted by Crippen LogP contribution is 2.09. The van der Waals surface area contributed by atoms with Gasteiger partial charge in [-0.25, -0.2) is 0 Å². The molecule has 0 radical (unpaired) electrons. The van der Waals surface area contributed by atoms with Crippen LogP contribution in [-0.2, 0) is 16.1 Å². The summed E-state index contributed by atoms with van der Waals surface area (Å²) in [5, 5.41) is 2.91. The van der Waals surface area contributed by atoms with Gasteiger partial charge in [0.05, 0.1) is 18.3 Å². The number of benzene rings is 1. The molecule has 1 N–H and O–H groups in total. The van der Waals surface area contributed by atoms with Crippen molar-refractivity contribution in [3.63, 3.8) is 0 Å². The van der Waals surface area contributed by atoms with Crippen LogP contribution >= 0.6 is 0 Å². The van der Waals surface area contributed by atoms with Crippen LogP contribution < -0.4 is 5.32 Å². The zero-order chi connectivity index (χ0) is 15.1.